The van der Waals surface area contributed by atoms with Gasteiger partial charge in [-0.3, -0.25) is 4.79 Å². The van der Waals surface area contributed by atoms with Gasteiger partial charge in [-0.2, -0.15) is 4.31 Å². The van der Waals surface area contributed by atoms with Crippen molar-refractivity contribution >= 4 is 21.6 Å². The van der Waals surface area contributed by atoms with E-state index < -0.39 is 10.0 Å². The number of anilines is 1. The van der Waals surface area contributed by atoms with Crippen LogP contribution in [0.4, 0.5) is 5.69 Å². The number of aryl methyl sites for hydroxylation is 2. The summed E-state index contributed by atoms with van der Waals surface area (Å²) in [6.45, 7) is 0.810. The Morgan fingerprint density at radius 1 is 1.03 bits per heavy atom. The van der Waals surface area contributed by atoms with Gasteiger partial charge < -0.3 is 10.1 Å². The molecule has 0 spiro atoms. The minimum absolute atomic E-state index is 0.0297. The number of sulfonamides is 1. The molecule has 152 valence electrons. The minimum Gasteiger partial charge on any atom is -0.492 e. The van der Waals surface area contributed by atoms with E-state index >= 15 is 0 Å². The van der Waals surface area contributed by atoms with Crippen LogP contribution < -0.4 is 10.1 Å². The zero-order valence-electron chi connectivity index (χ0n) is 16.2. The highest BCUT2D eigenvalue weighted by atomic mass is 32.2. The summed E-state index contributed by atoms with van der Waals surface area (Å²) in [5.41, 5.74) is 3.84. The van der Waals surface area contributed by atoms with Crippen LogP contribution in [-0.2, 0) is 34.2 Å². The Morgan fingerprint density at radius 3 is 2.69 bits per heavy atom. The zero-order chi connectivity index (χ0) is 20.0. The second kappa shape index (κ2) is 7.15. The molecule has 1 saturated carbocycles. The first-order chi connectivity index (χ1) is 14.0. The van der Waals surface area contributed by atoms with Crippen molar-refractivity contribution in [1.82, 2.24) is 4.31 Å². The number of benzene rings is 2. The lowest BCUT2D eigenvalue weighted by Crippen LogP contribution is -2.32. The minimum atomic E-state index is -3.62. The molecule has 1 aliphatic heterocycles. The average molecular weight is 413 g/mol. The Hall–Kier alpha value is -2.38. The fourth-order valence-corrected chi connectivity index (χ4v) is 5.55. The molecule has 29 heavy (non-hydrogen) atoms. The molecule has 0 saturated heterocycles. The molecule has 2 aromatic rings. The second-order valence-electron chi connectivity index (χ2n) is 8.06. The molecule has 1 amide bonds. The van der Waals surface area contributed by atoms with Crippen LogP contribution in [0.25, 0.3) is 0 Å². The van der Waals surface area contributed by atoms with E-state index in [0.717, 1.165) is 43.2 Å². The highest BCUT2D eigenvalue weighted by Crippen LogP contribution is 2.33. The van der Waals surface area contributed by atoms with Crippen molar-refractivity contribution in [2.75, 3.05) is 18.5 Å². The smallest absolute Gasteiger partial charge is 0.243 e. The molecule has 1 fully saturated rings. The van der Waals surface area contributed by atoms with E-state index in [2.05, 4.69) is 5.32 Å². The maximum absolute atomic E-state index is 13.3. The van der Waals surface area contributed by atoms with Crippen LogP contribution in [0.1, 0.15) is 36.0 Å². The van der Waals surface area contributed by atoms with E-state index in [0.29, 0.717) is 22.9 Å². The number of rotatable bonds is 4. The first-order valence-corrected chi connectivity index (χ1v) is 11.6. The van der Waals surface area contributed by atoms with Crippen LogP contribution in [0.3, 0.4) is 0 Å². The Bertz CT molecular complexity index is 1080. The van der Waals surface area contributed by atoms with Crippen LogP contribution in [0.15, 0.2) is 41.3 Å². The van der Waals surface area contributed by atoms with Crippen molar-refractivity contribution in [2.24, 2.45) is 5.92 Å². The molecule has 1 N–H and O–H groups in total. The first kappa shape index (κ1) is 18.6. The largest absolute Gasteiger partial charge is 0.492 e. The van der Waals surface area contributed by atoms with Crippen LogP contribution in [0.2, 0.25) is 0 Å². The van der Waals surface area contributed by atoms with Crippen molar-refractivity contribution < 1.29 is 17.9 Å². The molecule has 0 unspecified atom stereocenters. The highest BCUT2D eigenvalue weighted by molar-refractivity contribution is 7.89. The van der Waals surface area contributed by atoms with Gasteiger partial charge in [0, 0.05) is 30.3 Å². The monoisotopic (exact) mass is 412 g/mol. The fraction of sp³-hybridized carbons (Fsp3) is 0.409. The van der Waals surface area contributed by atoms with Gasteiger partial charge in [0.2, 0.25) is 15.9 Å². The molecule has 6 nitrogen and oxygen atoms in total. The maximum atomic E-state index is 13.3. The summed E-state index contributed by atoms with van der Waals surface area (Å²) >= 11 is 0. The molecule has 2 aliphatic carbocycles. The lowest BCUT2D eigenvalue weighted by atomic mass is 10.1. The van der Waals surface area contributed by atoms with Crippen LogP contribution in [0, 0.1) is 5.92 Å². The standard InChI is InChI=1S/C22H24N2O4S/c25-22(16-4-5-16)23-19-7-9-21-18(12-19)14-24(10-11-28-21)29(26,27)20-8-6-15-2-1-3-17(15)13-20/h6-9,12-13,16H,1-5,10-11,14H2,(H,23,25). The zero-order valence-corrected chi connectivity index (χ0v) is 17.0. The lowest BCUT2D eigenvalue weighted by molar-refractivity contribution is -0.117. The van der Waals surface area contributed by atoms with E-state index in [1.807, 2.05) is 30.3 Å². The lowest BCUT2D eigenvalue weighted by Gasteiger charge is -2.20. The van der Waals surface area contributed by atoms with Gasteiger partial charge in [-0.15, -0.1) is 0 Å². The van der Waals surface area contributed by atoms with Crippen molar-refractivity contribution in [3.05, 3.63) is 53.1 Å². The third-order valence-corrected chi connectivity index (χ3v) is 7.77. The maximum Gasteiger partial charge on any atom is 0.243 e. The van der Waals surface area contributed by atoms with Gasteiger partial charge >= 0.3 is 0 Å². The van der Waals surface area contributed by atoms with Crippen molar-refractivity contribution in [3.8, 4) is 5.75 Å². The van der Waals surface area contributed by atoms with E-state index in [-0.39, 0.29) is 24.9 Å². The average Bonchev–Trinajstić information content (AvgIpc) is 3.49. The quantitative estimate of drug-likeness (QED) is 0.837. The molecule has 5 rings (SSSR count). The normalized spacial score (nSPS) is 19.0. The predicted octanol–water partition coefficient (Wildman–Crippen LogP) is 3.11. The molecule has 0 bridgehead atoms. The molecular weight excluding hydrogens is 388 g/mol. The number of carbonyl (C=O) groups excluding carboxylic acids is 1. The number of ether oxygens (including phenoxy) is 1. The summed E-state index contributed by atoms with van der Waals surface area (Å²) in [7, 11) is -3.62. The van der Waals surface area contributed by atoms with E-state index in [1.54, 1.807) is 6.07 Å². The summed E-state index contributed by atoms with van der Waals surface area (Å²) in [6, 6.07) is 10.9. The SMILES string of the molecule is O=C(Nc1ccc2c(c1)CN(S(=O)(=O)c1ccc3c(c1)CCC3)CCO2)C1CC1. The number of hydrogen-bond donors (Lipinski definition) is 1. The molecule has 2 aromatic carbocycles. The van der Waals surface area contributed by atoms with E-state index in [4.69, 9.17) is 4.74 Å². The summed E-state index contributed by atoms with van der Waals surface area (Å²) in [6.07, 6.45) is 4.92. The summed E-state index contributed by atoms with van der Waals surface area (Å²) in [4.78, 5) is 12.4. The number of carbonyl (C=O) groups is 1. The summed E-state index contributed by atoms with van der Waals surface area (Å²) in [5.74, 6) is 0.810. The van der Waals surface area contributed by atoms with Gasteiger partial charge in [-0.25, -0.2) is 8.42 Å². The van der Waals surface area contributed by atoms with Crippen molar-refractivity contribution in [1.29, 1.82) is 0 Å². The summed E-state index contributed by atoms with van der Waals surface area (Å²) in [5, 5.41) is 2.93. The highest BCUT2D eigenvalue weighted by Gasteiger charge is 2.31. The molecule has 0 radical (unpaired) electrons. The second-order valence-corrected chi connectivity index (χ2v) is 10.00. The van der Waals surface area contributed by atoms with Crippen molar-refractivity contribution in [3.63, 3.8) is 0 Å². The number of nitrogens with zero attached hydrogens (tertiary/aromatic N) is 1. The molecule has 0 aromatic heterocycles. The number of fused-ring (bicyclic) bond motifs is 2. The third kappa shape index (κ3) is 3.65. The Morgan fingerprint density at radius 2 is 1.86 bits per heavy atom. The Kier molecular flexibility index (Phi) is 4.59. The number of amides is 1. The van der Waals surface area contributed by atoms with Gasteiger partial charge in [-0.05, 0) is 73.6 Å². The van der Waals surface area contributed by atoms with Crippen LogP contribution >= 0.6 is 0 Å². The fourth-order valence-electron chi connectivity index (χ4n) is 4.10. The molecule has 1 heterocycles. The molecule has 0 atom stereocenters. The van der Waals surface area contributed by atoms with Gasteiger partial charge in [0.15, 0.2) is 0 Å². The molecular formula is C22H24N2O4S. The van der Waals surface area contributed by atoms with Gasteiger partial charge in [0.1, 0.15) is 12.4 Å². The van der Waals surface area contributed by atoms with E-state index in [9.17, 15) is 13.2 Å². The van der Waals surface area contributed by atoms with Crippen LogP contribution in [0.5, 0.6) is 5.75 Å². The Balaban J connectivity index is 1.41. The predicted molar refractivity (Wildman–Crippen MR) is 109 cm³/mol. The number of hydrogen-bond acceptors (Lipinski definition) is 4. The van der Waals surface area contributed by atoms with Gasteiger partial charge in [0.25, 0.3) is 0 Å². The third-order valence-electron chi connectivity index (χ3n) is 5.93. The topological polar surface area (TPSA) is 75.7 Å². The van der Waals surface area contributed by atoms with Crippen molar-refractivity contribution in [2.45, 2.75) is 43.5 Å². The molecule has 3 aliphatic rings. The van der Waals surface area contributed by atoms with E-state index in [1.165, 1.54) is 9.87 Å². The molecule has 7 heteroatoms. The van der Waals surface area contributed by atoms with Crippen LogP contribution in [-0.4, -0.2) is 31.8 Å². The summed E-state index contributed by atoms with van der Waals surface area (Å²) < 4.78 is 33.9. The van der Waals surface area contributed by atoms with Gasteiger partial charge in [0.05, 0.1) is 4.90 Å². The van der Waals surface area contributed by atoms with Gasteiger partial charge in [-0.1, -0.05) is 6.07 Å². The number of nitrogens with one attached hydrogen (secondary N) is 1. The Labute approximate surface area is 170 Å². The first-order valence-electron chi connectivity index (χ1n) is 10.2.